The Morgan fingerprint density at radius 3 is 1.68 bits per heavy atom. The average Bonchev–Trinajstić information content (AvgIpc) is 2.49. The molecule has 0 N–H and O–H groups in total. The van der Waals surface area contributed by atoms with Crippen LogP contribution in [-0.4, -0.2) is 22.2 Å². The predicted molar refractivity (Wildman–Crippen MR) is 99.9 cm³/mol. The molecule has 1 aromatic rings. The molecule has 4 nitrogen and oxygen atoms in total. The first-order valence-corrected chi connectivity index (χ1v) is 9.39. The van der Waals surface area contributed by atoms with Crippen LogP contribution in [0.3, 0.4) is 0 Å². The smallest absolute Gasteiger partial charge is 0.223 e. The topological polar surface area (TPSA) is 44.2 Å². The van der Waals surface area contributed by atoms with E-state index in [-0.39, 0.29) is 12.2 Å². The highest BCUT2D eigenvalue weighted by molar-refractivity contribution is 5.33. The molecular formula is C21H30N2O2. The molecule has 2 fully saturated rings. The van der Waals surface area contributed by atoms with Crippen LogP contribution in [0.1, 0.15) is 57.9 Å². The first-order valence-electron chi connectivity index (χ1n) is 9.39. The normalized spacial score (nSPS) is 30.2. The largest absolute Gasteiger partial charge is 0.474 e. The van der Waals surface area contributed by atoms with E-state index in [1.165, 1.54) is 11.1 Å². The van der Waals surface area contributed by atoms with Crippen LogP contribution in [0.25, 0.3) is 0 Å². The summed E-state index contributed by atoms with van der Waals surface area (Å²) in [5.74, 6) is 2.50. The fourth-order valence-electron chi connectivity index (χ4n) is 4.18. The van der Waals surface area contributed by atoms with Gasteiger partial charge in [-0.3, -0.25) is 0 Å². The van der Waals surface area contributed by atoms with Crippen molar-refractivity contribution in [2.45, 2.75) is 71.5 Å². The highest BCUT2D eigenvalue weighted by Gasteiger charge is 2.26. The van der Waals surface area contributed by atoms with Crippen LogP contribution >= 0.6 is 0 Å². The van der Waals surface area contributed by atoms with Crippen LogP contribution in [0.4, 0.5) is 0 Å². The molecule has 0 saturated heterocycles. The molecule has 2 saturated carbocycles. The number of hydrogen-bond acceptors (Lipinski definition) is 4. The molecule has 4 atom stereocenters. The van der Waals surface area contributed by atoms with E-state index < -0.39 is 0 Å². The Morgan fingerprint density at radius 2 is 1.28 bits per heavy atom. The Bertz CT molecular complexity index is 603. The van der Waals surface area contributed by atoms with E-state index in [1.807, 2.05) is 6.92 Å². The Balaban J connectivity index is 1.69. The van der Waals surface area contributed by atoms with E-state index in [2.05, 4.69) is 37.0 Å². The van der Waals surface area contributed by atoms with Gasteiger partial charge < -0.3 is 9.47 Å². The molecule has 1 heterocycles. The first-order chi connectivity index (χ1) is 11.9. The monoisotopic (exact) mass is 342 g/mol. The number of rotatable bonds is 4. The second kappa shape index (κ2) is 7.59. The summed E-state index contributed by atoms with van der Waals surface area (Å²) in [4.78, 5) is 8.69. The minimum atomic E-state index is 0.146. The lowest BCUT2D eigenvalue weighted by Gasteiger charge is -2.30. The van der Waals surface area contributed by atoms with Crippen molar-refractivity contribution in [3.63, 3.8) is 0 Å². The van der Waals surface area contributed by atoms with Gasteiger partial charge in [-0.05, 0) is 44.4 Å². The number of nitrogens with zero attached hydrogens (tertiary/aromatic N) is 2. The minimum Gasteiger partial charge on any atom is -0.474 e. The molecule has 4 heteroatoms. The molecular weight excluding hydrogens is 312 g/mol. The number of ether oxygens (including phenoxy) is 2. The number of aromatic nitrogens is 2. The second-order valence-electron chi connectivity index (χ2n) is 8.09. The fraction of sp³-hybridized carbons (Fsp3) is 0.619. The third-order valence-corrected chi connectivity index (χ3v) is 5.19. The van der Waals surface area contributed by atoms with Gasteiger partial charge in [0, 0.05) is 12.8 Å². The Kier molecular flexibility index (Phi) is 5.45. The maximum atomic E-state index is 6.19. The third-order valence-electron chi connectivity index (χ3n) is 5.19. The summed E-state index contributed by atoms with van der Waals surface area (Å²) >= 11 is 0. The maximum Gasteiger partial charge on any atom is 0.223 e. The van der Waals surface area contributed by atoms with E-state index in [4.69, 9.17) is 9.47 Å². The van der Waals surface area contributed by atoms with Crippen molar-refractivity contribution < 1.29 is 9.47 Å². The molecule has 2 aliphatic rings. The van der Waals surface area contributed by atoms with Crippen LogP contribution in [0.2, 0.25) is 0 Å². The first kappa shape index (κ1) is 18.0. The highest BCUT2D eigenvalue weighted by atomic mass is 16.5. The number of hydrogen-bond donors (Lipinski definition) is 0. The lowest BCUT2D eigenvalue weighted by Crippen LogP contribution is -2.27. The molecule has 0 bridgehead atoms. The van der Waals surface area contributed by atoms with Crippen LogP contribution in [-0.2, 0) is 0 Å². The Hall–Kier alpha value is -1.84. The van der Waals surface area contributed by atoms with Crippen LogP contribution in [0.5, 0.6) is 11.8 Å². The van der Waals surface area contributed by atoms with Crippen LogP contribution in [0.15, 0.2) is 30.6 Å². The summed E-state index contributed by atoms with van der Waals surface area (Å²) in [5.41, 5.74) is 3.42. The van der Waals surface area contributed by atoms with E-state index >= 15 is 0 Å². The zero-order valence-electron chi connectivity index (χ0n) is 15.8. The van der Waals surface area contributed by atoms with E-state index in [9.17, 15) is 0 Å². The third kappa shape index (κ3) is 4.62. The fourth-order valence-corrected chi connectivity index (χ4v) is 4.18. The van der Waals surface area contributed by atoms with Crippen molar-refractivity contribution in [1.82, 2.24) is 9.97 Å². The molecule has 0 unspecified atom stereocenters. The average molecular weight is 342 g/mol. The van der Waals surface area contributed by atoms with E-state index in [1.54, 1.807) is 6.33 Å². The summed E-state index contributed by atoms with van der Waals surface area (Å²) in [6.45, 7) is 14.8. The molecule has 3 rings (SSSR count). The SMILES string of the molecule is C=C1C[C@@H](C)C[C@H](Oc2ncnc(O[C@H]3CC(=C)C[C@H](C)C3)c2C)C1. The van der Waals surface area contributed by atoms with Crippen molar-refractivity contribution >= 4 is 0 Å². The van der Waals surface area contributed by atoms with E-state index in [0.717, 1.165) is 44.1 Å². The predicted octanol–water partition coefficient (Wildman–Crippen LogP) is 5.03. The van der Waals surface area contributed by atoms with Gasteiger partial charge in [-0.25, -0.2) is 9.97 Å². The van der Waals surface area contributed by atoms with Crippen molar-refractivity contribution in [3.8, 4) is 11.8 Å². The summed E-state index contributed by atoms with van der Waals surface area (Å²) in [5, 5.41) is 0. The summed E-state index contributed by atoms with van der Waals surface area (Å²) in [6.07, 6.45) is 7.92. The van der Waals surface area contributed by atoms with Crippen molar-refractivity contribution in [3.05, 3.63) is 36.2 Å². The lowest BCUT2D eigenvalue weighted by molar-refractivity contribution is 0.133. The molecule has 0 spiro atoms. The molecule has 0 aromatic carbocycles. The molecule has 0 aliphatic heterocycles. The molecule has 0 amide bonds. The summed E-state index contributed by atoms with van der Waals surface area (Å²) in [7, 11) is 0. The van der Waals surface area contributed by atoms with Crippen molar-refractivity contribution in [2.75, 3.05) is 0 Å². The Morgan fingerprint density at radius 1 is 0.840 bits per heavy atom. The standard InChI is InChI=1S/C21H30N2O2/c1-13-6-14(2)9-18(8-13)24-20-17(5)21(23-12-22-20)25-19-10-15(3)7-16(4)11-19/h12,14,16,18-19H,1,3,6-11H2,2,4-5H3/t14-,16+,18-,19+. The van der Waals surface area contributed by atoms with E-state index in [0.29, 0.717) is 23.6 Å². The van der Waals surface area contributed by atoms with Gasteiger partial charge in [-0.2, -0.15) is 0 Å². The van der Waals surface area contributed by atoms with Crippen molar-refractivity contribution in [1.29, 1.82) is 0 Å². The maximum absolute atomic E-state index is 6.19. The van der Waals surface area contributed by atoms with Gasteiger partial charge >= 0.3 is 0 Å². The van der Waals surface area contributed by atoms with Crippen molar-refractivity contribution in [2.24, 2.45) is 11.8 Å². The quantitative estimate of drug-likeness (QED) is 0.720. The van der Waals surface area contributed by atoms with Gasteiger partial charge in [0.15, 0.2) is 0 Å². The van der Waals surface area contributed by atoms with Gasteiger partial charge in [0.1, 0.15) is 18.5 Å². The molecule has 2 aliphatic carbocycles. The van der Waals surface area contributed by atoms with Crippen LogP contribution < -0.4 is 9.47 Å². The molecule has 1 aromatic heterocycles. The van der Waals surface area contributed by atoms with Gasteiger partial charge in [0.25, 0.3) is 0 Å². The molecule has 0 radical (unpaired) electrons. The van der Waals surface area contributed by atoms with Gasteiger partial charge in [-0.1, -0.05) is 38.2 Å². The molecule has 136 valence electrons. The highest BCUT2D eigenvalue weighted by Crippen LogP contribution is 2.34. The Labute approximate surface area is 151 Å². The second-order valence-corrected chi connectivity index (χ2v) is 8.09. The zero-order valence-corrected chi connectivity index (χ0v) is 15.8. The lowest BCUT2D eigenvalue weighted by atomic mass is 9.85. The molecule has 25 heavy (non-hydrogen) atoms. The minimum absolute atomic E-state index is 0.146. The summed E-state index contributed by atoms with van der Waals surface area (Å²) < 4.78 is 12.4. The van der Waals surface area contributed by atoms with Gasteiger partial charge in [0.05, 0.1) is 5.56 Å². The summed E-state index contributed by atoms with van der Waals surface area (Å²) in [6, 6.07) is 0. The zero-order chi connectivity index (χ0) is 18.0. The van der Waals surface area contributed by atoms with Crippen LogP contribution in [0, 0.1) is 18.8 Å². The van der Waals surface area contributed by atoms with Gasteiger partial charge in [-0.15, -0.1) is 0 Å². The van der Waals surface area contributed by atoms with Gasteiger partial charge in [0.2, 0.25) is 11.8 Å².